The van der Waals surface area contributed by atoms with E-state index >= 15 is 0 Å². The summed E-state index contributed by atoms with van der Waals surface area (Å²) in [5.41, 5.74) is 4.45. The molecule has 0 aliphatic heterocycles. The molecule has 0 saturated heterocycles. The van der Waals surface area contributed by atoms with Gasteiger partial charge in [0.15, 0.2) is 0 Å². The van der Waals surface area contributed by atoms with Gasteiger partial charge in [-0.05, 0) is 65.1 Å². The molecule has 2 aromatic carbocycles. The first kappa shape index (κ1) is 18.0. The van der Waals surface area contributed by atoms with Crippen LogP contribution in [-0.4, -0.2) is 5.91 Å². The van der Waals surface area contributed by atoms with Crippen molar-refractivity contribution in [3.8, 4) is 0 Å². The molecule has 1 unspecified atom stereocenters. The van der Waals surface area contributed by atoms with Crippen LogP contribution in [0.1, 0.15) is 60.8 Å². The zero-order valence-electron chi connectivity index (χ0n) is 14.4. The Morgan fingerprint density at radius 2 is 1.70 bits per heavy atom. The molecule has 3 heteroatoms. The van der Waals surface area contributed by atoms with Crippen molar-refractivity contribution in [2.75, 3.05) is 0 Å². The fourth-order valence-corrected chi connectivity index (χ4v) is 3.35. The fourth-order valence-electron chi connectivity index (χ4n) is 2.43. The summed E-state index contributed by atoms with van der Waals surface area (Å²) in [4.78, 5) is 12.5. The lowest BCUT2D eigenvalue weighted by Crippen LogP contribution is -2.27. The van der Waals surface area contributed by atoms with Gasteiger partial charge < -0.3 is 5.32 Å². The van der Waals surface area contributed by atoms with Gasteiger partial charge in [-0.15, -0.1) is 0 Å². The average molecular weight is 421 g/mol. The van der Waals surface area contributed by atoms with Crippen LogP contribution in [0.3, 0.4) is 0 Å². The van der Waals surface area contributed by atoms with E-state index in [1.165, 1.54) is 5.56 Å². The number of rotatable bonds is 3. The lowest BCUT2D eigenvalue weighted by molar-refractivity contribution is 0.0939. The maximum atomic E-state index is 12.5. The van der Waals surface area contributed by atoms with Crippen molar-refractivity contribution in [2.45, 2.75) is 46.1 Å². The van der Waals surface area contributed by atoms with E-state index in [1.807, 2.05) is 32.0 Å². The Morgan fingerprint density at radius 3 is 2.22 bits per heavy atom. The number of nitrogens with one attached hydrogen (secondary N) is 1. The van der Waals surface area contributed by atoms with E-state index < -0.39 is 0 Å². The van der Waals surface area contributed by atoms with Crippen LogP contribution in [0.4, 0.5) is 0 Å². The summed E-state index contributed by atoms with van der Waals surface area (Å²) < 4.78 is 0.982. The Kier molecular flexibility index (Phi) is 5.50. The molecule has 1 N–H and O–H groups in total. The van der Waals surface area contributed by atoms with Crippen molar-refractivity contribution in [1.29, 1.82) is 0 Å². The summed E-state index contributed by atoms with van der Waals surface area (Å²) in [7, 11) is 0. The number of carbonyl (C=O) groups excluding carboxylic acids is 1. The molecular formula is C20H24INO. The highest BCUT2D eigenvalue weighted by Crippen LogP contribution is 2.24. The molecule has 0 aliphatic carbocycles. The normalized spacial score (nSPS) is 12.8. The van der Waals surface area contributed by atoms with Gasteiger partial charge in [-0.2, -0.15) is 0 Å². The van der Waals surface area contributed by atoms with Crippen LogP contribution in [0.15, 0.2) is 42.5 Å². The summed E-state index contributed by atoms with van der Waals surface area (Å²) in [6, 6.07) is 14.4. The molecule has 1 atom stereocenters. The SMILES string of the molecule is Cc1ccc(C(=O)NC(C)c2ccc(C(C)(C)C)cc2)c(I)c1. The van der Waals surface area contributed by atoms with Crippen molar-refractivity contribution >= 4 is 28.5 Å². The quantitative estimate of drug-likeness (QED) is 0.662. The van der Waals surface area contributed by atoms with Crippen LogP contribution in [0.25, 0.3) is 0 Å². The number of aryl methyl sites for hydroxylation is 1. The molecular weight excluding hydrogens is 397 g/mol. The highest BCUT2D eigenvalue weighted by Gasteiger charge is 2.16. The zero-order chi connectivity index (χ0) is 17.2. The number of carbonyl (C=O) groups is 1. The van der Waals surface area contributed by atoms with Crippen LogP contribution in [-0.2, 0) is 5.41 Å². The molecule has 1 amide bonds. The Hall–Kier alpha value is -1.36. The third-order valence-corrected chi connectivity index (χ3v) is 4.89. The summed E-state index contributed by atoms with van der Waals surface area (Å²) in [6.45, 7) is 10.7. The molecule has 2 nitrogen and oxygen atoms in total. The average Bonchev–Trinajstić information content (AvgIpc) is 2.46. The lowest BCUT2D eigenvalue weighted by atomic mass is 9.86. The topological polar surface area (TPSA) is 29.1 Å². The molecule has 122 valence electrons. The van der Waals surface area contributed by atoms with Crippen molar-refractivity contribution in [3.05, 3.63) is 68.3 Å². The van der Waals surface area contributed by atoms with E-state index in [0.29, 0.717) is 0 Å². The van der Waals surface area contributed by atoms with Crippen LogP contribution >= 0.6 is 22.6 Å². The van der Waals surface area contributed by atoms with E-state index in [4.69, 9.17) is 0 Å². The van der Waals surface area contributed by atoms with Crippen LogP contribution in [0.5, 0.6) is 0 Å². The smallest absolute Gasteiger partial charge is 0.252 e. The third-order valence-electron chi connectivity index (χ3n) is 3.99. The van der Waals surface area contributed by atoms with Gasteiger partial charge in [0, 0.05) is 3.57 Å². The molecule has 2 aromatic rings. The van der Waals surface area contributed by atoms with E-state index in [1.54, 1.807) is 0 Å². The number of hydrogen-bond donors (Lipinski definition) is 1. The van der Waals surface area contributed by atoms with E-state index in [9.17, 15) is 4.79 Å². The van der Waals surface area contributed by atoms with Gasteiger partial charge in [0.2, 0.25) is 0 Å². The van der Waals surface area contributed by atoms with E-state index in [2.05, 4.69) is 72.9 Å². The van der Waals surface area contributed by atoms with Gasteiger partial charge in [0.05, 0.1) is 11.6 Å². The van der Waals surface area contributed by atoms with Gasteiger partial charge in [-0.25, -0.2) is 0 Å². The third kappa shape index (κ3) is 4.56. The summed E-state index contributed by atoms with van der Waals surface area (Å²) in [5, 5.41) is 3.09. The molecule has 0 aliphatic rings. The first-order chi connectivity index (χ1) is 10.7. The summed E-state index contributed by atoms with van der Waals surface area (Å²) in [6.07, 6.45) is 0. The lowest BCUT2D eigenvalue weighted by Gasteiger charge is -2.21. The molecule has 0 heterocycles. The number of benzene rings is 2. The molecule has 23 heavy (non-hydrogen) atoms. The van der Waals surface area contributed by atoms with Crippen LogP contribution in [0.2, 0.25) is 0 Å². The highest BCUT2D eigenvalue weighted by atomic mass is 127. The molecule has 0 fully saturated rings. The van der Waals surface area contributed by atoms with Crippen molar-refractivity contribution in [3.63, 3.8) is 0 Å². The predicted octanol–water partition coefficient (Wildman–Crippen LogP) is 5.39. The first-order valence-electron chi connectivity index (χ1n) is 7.86. The Bertz CT molecular complexity index is 699. The predicted molar refractivity (Wildman–Crippen MR) is 105 cm³/mol. The maximum Gasteiger partial charge on any atom is 0.252 e. The largest absolute Gasteiger partial charge is 0.345 e. The Labute approximate surface area is 152 Å². The molecule has 2 rings (SSSR count). The summed E-state index contributed by atoms with van der Waals surface area (Å²) >= 11 is 2.21. The minimum absolute atomic E-state index is 0.0198. The van der Waals surface area contributed by atoms with Crippen LogP contribution in [0, 0.1) is 10.5 Å². The minimum Gasteiger partial charge on any atom is -0.345 e. The maximum absolute atomic E-state index is 12.5. The highest BCUT2D eigenvalue weighted by molar-refractivity contribution is 14.1. The second-order valence-corrected chi connectivity index (χ2v) is 8.21. The molecule has 0 aromatic heterocycles. The fraction of sp³-hybridized carbons (Fsp3) is 0.350. The monoisotopic (exact) mass is 421 g/mol. The van der Waals surface area contributed by atoms with Gasteiger partial charge in [0.1, 0.15) is 0 Å². The van der Waals surface area contributed by atoms with Crippen LogP contribution < -0.4 is 5.32 Å². The Morgan fingerprint density at radius 1 is 1.09 bits per heavy atom. The molecule has 0 radical (unpaired) electrons. The molecule has 0 bridgehead atoms. The first-order valence-corrected chi connectivity index (χ1v) is 8.94. The standard InChI is InChI=1S/C20H24INO/c1-13-6-11-17(18(21)12-13)19(23)22-14(2)15-7-9-16(10-8-15)20(3,4)5/h6-12,14H,1-5H3,(H,22,23). The van der Waals surface area contributed by atoms with Gasteiger partial charge in [-0.3, -0.25) is 4.79 Å². The number of halogens is 1. The molecule has 0 spiro atoms. The van der Waals surface area contributed by atoms with E-state index in [-0.39, 0.29) is 17.4 Å². The Balaban J connectivity index is 2.12. The van der Waals surface area contributed by atoms with Gasteiger partial charge >= 0.3 is 0 Å². The van der Waals surface area contributed by atoms with Crippen molar-refractivity contribution in [1.82, 2.24) is 5.32 Å². The van der Waals surface area contributed by atoms with Crippen molar-refractivity contribution in [2.24, 2.45) is 0 Å². The van der Waals surface area contributed by atoms with Crippen molar-refractivity contribution < 1.29 is 4.79 Å². The van der Waals surface area contributed by atoms with E-state index in [0.717, 1.165) is 20.3 Å². The summed E-state index contributed by atoms with van der Waals surface area (Å²) in [5.74, 6) is -0.0261. The number of amides is 1. The number of hydrogen-bond acceptors (Lipinski definition) is 1. The molecule has 0 saturated carbocycles. The van der Waals surface area contributed by atoms with Gasteiger partial charge in [-0.1, -0.05) is 56.7 Å². The minimum atomic E-state index is -0.0261. The zero-order valence-corrected chi connectivity index (χ0v) is 16.6. The second-order valence-electron chi connectivity index (χ2n) is 7.05. The van der Waals surface area contributed by atoms with Gasteiger partial charge in [0.25, 0.3) is 5.91 Å². The second kappa shape index (κ2) is 7.04.